The zero-order valence-electron chi connectivity index (χ0n) is 15.1. The van der Waals surface area contributed by atoms with Gasteiger partial charge in [-0.1, -0.05) is 11.8 Å². The molecule has 0 unspecified atom stereocenters. The van der Waals surface area contributed by atoms with Gasteiger partial charge in [0.2, 0.25) is 0 Å². The van der Waals surface area contributed by atoms with Crippen LogP contribution in [-0.2, 0) is 6.54 Å². The number of aromatic nitrogens is 5. The zero-order valence-corrected chi connectivity index (χ0v) is 15.9. The molecule has 1 aliphatic rings. The molecule has 0 saturated carbocycles. The number of anilines is 1. The molecular weight excluding hydrogens is 346 g/mol. The van der Waals surface area contributed by atoms with Crippen LogP contribution in [0.1, 0.15) is 35.7 Å². The Morgan fingerprint density at radius 1 is 1.27 bits per heavy atom. The molecule has 3 aromatic heterocycles. The molecule has 7 nitrogen and oxygen atoms in total. The van der Waals surface area contributed by atoms with Crippen LogP contribution < -0.4 is 5.73 Å². The fraction of sp³-hybridized carbons (Fsp3) is 0.444. The number of hydrogen-bond acceptors (Lipinski definition) is 7. The highest BCUT2D eigenvalue weighted by Gasteiger charge is 2.23. The average Bonchev–Trinajstić information content (AvgIpc) is 3.03. The van der Waals surface area contributed by atoms with Crippen molar-refractivity contribution in [1.82, 2.24) is 29.5 Å². The number of thioether (sulfide) groups is 1. The smallest absolute Gasteiger partial charge is 0.187 e. The standard InChI is InChI=1S/C18H23N7S/c1-12-6-17-22-15(7-16(19)25(17)23-12)14-4-3-5-24(11-14)10-13-8-20-18(26-2)21-9-13/h6-9,14H,3-5,10-11,19H2,1-2H3/t14-/m1/s1. The Morgan fingerprint density at radius 3 is 2.85 bits per heavy atom. The number of fused-ring (bicyclic) bond motifs is 1. The van der Waals surface area contributed by atoms with Crippen molar-refractivity contribution in [2.45, 2.75) is 37.4 Å². The third kappa shape index (κ3) is 3.52. The molecule has 1 atom stereocenters. The largest absolute Gasteiger partial charge is 0.384 e. The van der Waals surface area contributed by atoms with Crippen molar-refractivity contribution in [2.75, 3.05) is 25.1 Å². The van der Waals surface area contributed by atoms with Gasteiger partial charge >= 0.3 is 0 Å². The molecule has 0 aliphatic carbocycles. The van der Waals surface area contributed by atoms with Gasteiger partial charge in [-0.2, -0.15) is 9.61 Å². The fourth-order valence-corrected chi connectivity index (χ4v) is 3.89. The molecule has 1 saturated heterocycles. The molecule has 26 heavy (non-hydrogen) atoms. The number of likely N-dealkylation sites (tertiary alicyclic amines) is 1. The van der Waals surface area contributed by atoms with E-state index in [1.807, 2.05) is 37.7 Å². The quantitative estimate of drug-likeness (QED) is 0.558. The van der Waals surface area contributed by atoms with Crippen LogP contribution in [0, 0.1) is 6.92 Å². The lowest BCUT2D eigenvalue weighted by Crippen LogP contribution is -2.34. The average molecular weight is 369 g/mol. The van der Waals surface area contributed by atoms with E-state index in [1.54, 1.807) is 16.3 Å². The van der Waals surface area contributed by atoms with E-state index in [0.29, 0.717) is 11.7 Å². The lowest BCUT2D eigenvalue weighted by atomic mass is 9.94. The summed E-state index contributed by atoms with van der Waals surface area (Å²) in [5.74, 6) is 1.04. The third-order valence-corrected chi connectivity index (χ3v) is 5.37. The maximum atomic E-state index is 6.19. The molecule has 8 heteroatoms. The first-order valence-corrected chi connectivity index (χ1v) is 10.0. The first kappa shape index (κ1) is 17.2. The SMILES string of the molecule is CSc1ncc(CN2CCC[C@@H](c3cc(N)n4nc(C)cc4n3)C2)cn1. The van der Waals surface area contributed by atoms with Crippen molar-refractivity contribution >= 4 is 23.2 Å². The Bertz CT molecular complexity index is 906. The van der Waals surface area contributed by atoms with Gasteiger partial charge in [-0.25, -0.2) is 15.0 Å². The fourth-order valence-electron chi connectivity index (χ4n) is 3.57. The van der Waals surface area contributed by atoms with Crippen molar-refractivity contribution < 1.29 is 0 Å². The summed E-state index contributed by atoms with van der Waals surface area (Å²) >= 11 is 1.56. The number of nitrogen functional groups attached to an aromatic ring is 1. The number of aryl methyl sites for hydroxylation is 1. The maximum absolute atomic E-state index is 6.19. The molecule has 4 heterocycles. The summed E-state index contributed by atoms with van der Waals surface area (Å²) in [5.41, 5.74) is 10.2. The van der Waals surface area contributed by atoms with Crippen molar-refractivity contribution in [1.29, 1.82) is 0 Å². The van der Waals surface area contributed by atoms with E-state index >= 15 is 0 Å². The van der Waals surface area contributed by atoms with Crippen LogP contribution >= 0.6 is 11.8 Å². The van der Waals surface area contributed by atoms with Crippen molar-refractivity contribution in [3.8, 4) is 0 Å². The van der Waals surface area contributed by atoms with Crippen LogP contribution in [0.5, 0.6) is 0 Å². The molecule has 1 aliphatic heterocycles. The number of nitrogens with two attached hydrogens (primary N) is 1. The van der Waals surface area contributed by atoms with Gasteiger partial charge in [0.05, 0.1) is 11.4 Å². The Morgan fingerprint density at radius 2 is 2.08 bits per heavy atom. The lowest BCUT2D eigenvalue weighted by Gasteiger charge is -2.32. The van der Waals surface area contributed by atoms with E-state index in [0.717, 1.165) is 60.2 Å². The maximum Gasteiger partial charge on any atom is 0.187 e. The Balaban J connectivity index is 1.51. The van der Waals surface area contributed by atoms with Crippen molar-refractivity contribution in [3.05, 3.63) is 41.5 Å². The minimum atomic E-state index is 0.387. The van der Waals surface area contributed by atoms with Crippen molar-refractivity contribution in [2.24, 2.45) is 0 Å². The third-order valence-electron chi connectivity index (χ3n) is 4.79. The Hall–Kier alpha value is -2.19. The molecule has 0 spiro atoms. The highest BCUT2D eigenvalue weighted by atomic mass is 32.2. The lowest BCUT2D eigenvalue weighted by molar-refractivity contribution is 0.198. The molecule has 136 valence electrons. The van der Waals surface area contributed by atoms with Crippen LogP contribution in [-0.4, -0.2) is 48.8 Å². The number of rotatable bonds is 4. The molecule has 2 N–H and O–H groups in total. The summed E-state index contributed by atoms with van der Waals surface area (Å²) in [6.45, 7) is 4.89. The van der Waals surface area contributed by atoms with Crippen LogP contribution in [0.3, 0.4) is 0 Å². The minimum Gasteiger partial charge on any atom is -0.384 e. The van der Waals surface area contributed by atoms with E-state index in [-0.39, 0.29) is 0 Å². The number of piperidine rings is 1. The highest BCUT2D eigenvalue weighted by Crippen LogP contribution is 2.28. The topological polar surface area (TPSA) is 85.2 Å². The second kappa shape index (κ2) is 7.20. The summed E-state index contributed by atoms with van der Waals surface area (Å²) in [5, 5.41) is 5.20. The monoisotopic (exact) mass is 369 g/mol. The second-order valence-corrected chi connectivity index (χ2v) is 7.59. The van der Waals surface area contributed by atoms with E-state index in [9.17, 15) is 0 Å². The van der Waals surface area contributed by atoms with Crippen LogP contribution in [0.15, 0.2) is 29.7 Å². The van der Waals surface area contributed by atoms with Crippen LogP contribution in [0.4, 0.5) is 5.82 Å². The minimum absolute atomic E-state index is 0.387. The van der Waals surface area contributed by atoms with Gasteiger partial charge in [0.25, 0.3) is 0 Å². The summed E-state index contributed by atoms with van der Waals surface area (Å²) in [7, 11) is 0. The first-order valence-electron chi connectivity index (χ1n) is 8.82. The highest BCUT2D eigenvalue weighted by molar-refractivity contribution is 7.98. The van der Waals surface area contributed by atoms with Gasteiger partial charge < -0.3 is 5.73 Å². The zero-order chi connectivity index (χ0) is 18.1. The second-order valence-electron chi connectivity index (χ2n) is 6.81. The van der Waals surface area contributed by atoms with E-state index in [1.165, 1.54) is 0 Å². The number of nitrogens with zero attached hydrogens (tertiary/aromatic N) is 6. The van der Waals surface area contributed by atoms with Crippen LogP contribution in [0.2, 0.25) is 0 Å². The molecule has 0 radical (unpaired) electrons. The predicted molar refractivity (Wildman–Crippen MR) is 103 cm³/mol. The summed E-state index contributed by atoms with van der Waals surface area (Å²) in [6, 6.07) is 3.95. The molecule has 0 bridgehead atoms. The molecule has 0 amide bonds. The first-order chi connectivity index (χ1) is 12.6. The van der Waals surface area contributed by atoms with Crippen LogP contribution in [0.25, 0.3) is 5.65 Å². The summed E-state index contributed by atoms with van der Waals surface area (Å²) in [4.78, 5) is 16.0. The van der Waals surface area contributed by atoms with Gasteiger partial charge in [-0.3, -0.25) is 4.90 Å². The van der Waals surface area contributed by atoms with E-state index < -0.39 is 0 Å². The number of hydrogen-bond donors (Lipinski definition) is 1. The molecule has 3 aromatic rings. The summed E-state index contributed by atoms with van der Waals surface area (Å²) < 4.78 is 1.71. The van der Waals surface area contributed by atoms with E-state index in [2.05, 4.69) is 20.0 Å². The van der Waals surface area contributed by atoms with E-state index in [4.69, 9.17) is 10.7 Å². The Labute approximate surface area is 157 Å². The molecular formula is C18H23N7S. The molecule has 0 aromatic carbocycles. The van der Waals surface area contributed by atoms with Gasteiger partial charge in [0, 0.05) is 49.1 Å². The van der Waals surface area contributed by atoms with Crippen molar-refractivity contribution in [3.63, 3.8) is 0 Å². The normalized spacial score (nSPS) is 18.5. The predicted octanol–water partition coefficient (Wildman–Crippen LogP) is 2.51. The molecule has 4 rings (SSSR count). The van der Waals surface area contributed by atoms with Gasteiger partial charge in [0.15, 0.2) is 10.8 Å². The Kier molecular flexibility index (Phi) is 4.78. The van der Waals surface area contributed by atoms with Gasteiger partial charge in [-0.15, -0.1) is 0 Å². The van der Waals surface area contributed by atoms with Gasteiger partial charge in [-0.05, 0) is 32.6 Å². The van der Waals surface area contributed by atoms with Gasteiger partial charge in [0.1, 0.15) is 5.82 Å². The summed E-state index contributed by atoms with van der Waals surface area (Å²) in [6.07, 6.45) is 8.13. The molecule has 1 fully saturated rings.